The van der Waals surface area contributed by atoms with Gasteiger partial charge in [0.05, 0.1) is 22.4 Å². The van der Waals surface area contributed by atoms with E-state index in [2.05, 4.69) is 23.2 Å². The van der Waals surface area contributed by atoms with Crippen molar-refractivity contribution in [3.8, 4) is 11.3 Å². The third kappa shape index (κ3) is 4.32. The largest absolute Gasteiger partial charge is 0.457 e. The third-order valence-electron chi connectivity index (χ3n) is 4.32. The molecule has 0 spiro atoms. The first kappa shape index (κ1) is 21.1. The maximum atomic E-state index is 12.5. The second-order valence-electron chi connectivity index (χ2n) is 7.12. The summed E-state index contributed by atoms with van der Waals surface area (Å²) in [4.78, 5) is 28.5. The van der Waals surface area contributed by atoms with Crippen molar-refractivity contribution in [2.45, 2.75) is 13.8 Å². The lowest BCUT2D eigenvalue weighted by molar-refractivity contribution is -0.384. The lowest BCUT2D eigenvalue weighted by atomic mass is 10.1. The minimum Gasteiger partial charge on any atom is -0.457 e. The predicted octanol–water partition coefficient (Wildman–Crippen LogP) is 4.82. The van der Waals surface area contributed by atoms with E-state index in [1.165, 1.54) is 30.0 Å². The molecule has 2 aliphatic rings. The zero-order chi connectivity index (χ0) is 22.1. The Morgan fingerprint density at radius 2 is 2.03 bits per heavy atom. The van der Waals surface area contributed by atoms with Crippen molar-refractivity contribution in [2.75, 3.05) is 5.75 Å². The van der Waals surface area contributed by atoms with Gasteiger partial charge in [-0.2, -0.15) is 9.39 Å². The van der Waals surface area contributed by atoms with Gasteiger partial charge >= 0.3 is 0 Å². The maximum absolute atomic E-state index is 12.5. The van der Waals surface area contributed by atoms with Crippen LogP contribution in [0.5, 0.6) is 0 Å². The van der Waals surface area contributed by atoms with E-state index < -0.39 is 10.8 Å². The first-order chi connectivity index (χ1) is 14.8. The molecule has 158 valence electrons. The summed E-state index contributed by atoms with van der Waals surface area (Å²) in [7, 11) is 0. The number of hydrogen-bond acceptors (Lipinski definition) is 8. The van der Waals surface area contributed by atoms with Crippen molar-refractivity contribution in [1.29, 1.82) is 5.41 Å². The molecule has 1 aromatic heterocycles. The Kier molecular flexibility index (Phi) is 5.79. The first-order valence-corrected chi connectivity index (χ1v) is 11.1. The van der Waals surface area contributed by atoms with Crippen LogP contribution >= 0.6 is 23.7 Å². The maximum Gasteiger partial charge on any atom is 0.283 e. The van der Waals surface area contributed by atoms with Crippen LogP contribution < -0.4 is 0 Å². The van der Waals surface area contributed by atoms with Gasteiger partial charge < -0.3 is 4.42 Å². The SMILES string of the molecule is CC(C)CSC1=NSC2=NC(=O)/C(=C\c3ccc(-c4ccc([N+](=O)[O-])cc4)o3)C(=N)N12. The third-order valence-corrected chi connectivity index (χ3v) is 6.50. The minimum absolute atomic E-state index is 0.00305. The number of fused-ring (bicyclic) bond motifs is 1. The highest BCUT2D eigenvalue weighted by atomic mass is 32.2. The molecule has 9 nitrogen and oxygen atoms in total. The fourth-order valence-electron chi connectivity index (χ4n) is 2.81. The number of nitrogens with one attached hydrogen (secondary N) is 1. The van der Waals surface area contributed by atoms with E-state index in [1.807, 2.05) is 0 Å². The average molecular weight is 456 g/mol. The summed E-state index contributed by atoms with van der Waals surface area (Å²) >= 11 is 2.61. The highest BCUT2D eigenvalue weighted by molar-refractivity contribution is 8.19. The summed E-state index contributed by atoms with van der Waals surface area (Å²) in [5, 5.41) is 20.4. The number of carbonyl (C=O) groups excluding carboxylic acids is 1. The molecule has 0 saturated heterocycles. The average Bonchev–Trinajstić information content (AvgIpc) is 3.36. The predicted molar refractivity (Wildman–Crippen MR) is 123 cm³/mol. The summed E-state index contributed by atoms with van der Waals surface area (Å²) in [5.41, 5.74) is 0.758. The molecule has 1 N–H and O–H groups in total. The van der Waals surface area contributed by atoms with Crippen LogP contribution in [0.2, 0.25) is 0 Å². The molecular formula is C20H17N5O4S2. The molecule has 0 atom stereocenters. The molecule has 3 heterocycles. The summed E-state index contributed by atoms with van der Waals surface area (Å²) in [6, 6.07) is 9.35. The van der Waals surface area contributed by atoms with Crippen molar-refractivity contribution in [3.63, 3.8) is 0 Å². The number of furan rings is 1. The zero-order valence-electron chi connectivity index (χ0n) is 16.6. The number of carbonyl (C=O) groups is 1. The molecule has 0 bridgehead atoms. The fourth-order valence-corrected chi connectivity index (χ4v) is 4.61. The van der Waals surface area contributed by atoms with Crippen LogP contribution in [0.15, 0.2) is 55.8 Å². The Hall–Kier alpha value is -3.18. The molecular weight excluding hydrogens is 438 g/mol. The lowest BCUT2D eigenvalue weighted by Gasteiger charge is -2.24. The Bertz CT molecular complexity index is 1160. The summed E-state index contributed by atoms with van der Waals surface area (Å²) < 4.78 is 10.1. The van der Waals surface area contributed by atoms with Crippen LogP contribution in [0, 0.1) is 21.4 Å². The van der Waals surface area contributed by atoms with Gasteiger partial charge in [0.1, 0.15) is 17.4 Å². The van der Waals surface area contributed by atoms with Gasteiger partial charge in [0.2, 0.25) is 5.17 Å². The number of aliphatic imine (C=N–C) groups is 1. The van der Waals surface area contributed by atoms with Gasteiger partial charge in [-0.15, -0.1) is 0 Å². The molecule has 0 unspecified atom stereocenters. The summed E-state index contributed by atoms with van der Waals surface area (Å²) in [5.74, 6) is 1.63. The molecule has 2 aliphatic heterocycles. The molecule has 0 fully saturated rings. The standard InChI is InChI=1S/C20H17N5O4S2/c1-11(2)10-30-20-23-31-19-22-18(26)15(17(21)24(19)20)9-14-7-8-16(29-14)12-3-5-13(6-4-12)25(27)28/h3-9,11,21H,10H2,1-2H3/b15-9-,21-17?. The van der Waals surface area contributed by atoms with E-state index >= 15 is 0 Å². The number of amides is 1. The number of nitro benzene ring substituents is 1. The van der Waals surface area contributed by atoms with Crippen molar-refractivity contribution in [1.82, 2.24) is 4.90 Å². The zero-order valence-corrected chi connectivity index (χ0v) is 18.2. The molecule has 4 rings (SSSR count). The van der Waals surface area contributed by atoms with E-state index in [1.54, 1.807) is 29.2 Å². The van der Waals surface area contributed by atoms with Crippen LogP contribution in [0.25, 0.3) is 17.4 Å². The first-order valence-electron chi connectivity index (χ1n) is 9.29. The van der Waals surface area contributed by atoms with Crippen LogP contribution in [-0.4, -0.2) is 37.7 Å². The number of benzene rings is 1. The van der Waals surface area contributed by atoms with Gasteiger partial charge in [0.25, 0.3) is 11.6 Å². The van der Waals surface area contributed by atoms with Gasteiger partial charge in [-0.25, -0.2) is 4.90 Å². The molecule has 1 aromatic carbocycles. The molecule has 2 aromatic rings. The van der Waals surface area contributed by atoms with Gasteiger partial charge in [0.15, 0.2) is 5.17 Å². The van der Waals surface area contributed by atoms with Gasteiger partial charge in [-0.1, -0.05) is 25.6 Å². The molecule has 0 radical (unpaired) electrons. The Morgan fingerprint density at radius 1 is 1.29 bits per heavy atom. The number of hydrogen-bond donors (Lipinski definition) is 1. The Balaban J connectivity index is 1.58. The normalized spacial score (nSPS) is 17.3. The Labute approximate surface area is 186 Å². The van der Waals surface area contributed by atoms with E-state index in [4.69, 9.17) is 9.83 Å². The Morgan fingerprint density at radius 3 is 2.71 bits per heavy atom. The number of rotatable bonds is 5. The monoisotopic (exact) mass is 455 g/mol. The number of nitro groups is 1. The molecule has 31 heavy (non-hydrogen) atoms. The van der Waals surface area contributed by atoms with Crippen molar-refractivity contribution < 1.29 is 14.1 Å². The summed E-state index contributed by atoms with van der Waals surface area (Å²) in [6.45, 7) is 4.20. The highest BCUT2D eigenvalue weighted by Crippen LogP contribution is 2.33. The van der Waals surface area contributed by atoms with Crippen molar-refractivity contribution in [2.24, 2.45) is 15.3 Å². The van der Waals surface area contributed by atoms with E-state index in [9.17, 15) is 14.9 Å². The fraction of sp³-hybridized carbons (Fsp3) is 0.200. The summed E-state index contributed by atoms with van der Waals surface area (Å²) in [6.07, 6.45) is 1.48. The second-order valence-corrected chi connectivity index (χ2v) is 8.84. The topological polar surface area (TPSA) is 125 Å². The second kappa shape index (κ2) is 8.52. The van der Waals surface area contributed by atoms with Gasteiger partial charge in [-0.3, -0.25) is 20.3 Å². The number of thioether (sulfide) groups is 1. The van der Waals surface area contributed by atoms with Crippen molar-refractivity contribution >= 4 is 57.6 Å². The van der Waals surface area contributed by atoms with Crippen LogP contribution in [0.4, 0.5) is 5.69 Å². The van der Waals surface area contributed by atoms with Crippen LogP contribution in [0.3, 0.4) is 0 Å². The highest BCUT2D eigenvalue weighted by Gasteiger charge is 2.37. The molecule has 11 heteroatoms. The quantitative estimate of drug-likeness (QED) is 0.296. The number of nitrogens with zero attached hydrogens (tertiary/aromatic N) is 4. The van der Waals surface area contributed by atoms with Crippen LogP contribution in [0.1, 0.15) is 19.6 Å². The minimum atomic E-state index is -0.526. The van der Waals surface area contributed by atoms with Crippen LogP contribution in [-0.2, 0) is 4.79 Å². The van der Waals surface area contributed by atoms with E-state index in [0.717, 1.165) is 17.7 Å². The number of amidine groups is 3. The van der Waals surface area contributed by atoms with Gasteiger partial charge in [-0.05, 0) is 36.3 Å². The van der Waals surface area contributed by atoms with Gasteiger partial charge in [0, 0.05) is 23.4 Å². The molecule has 0 aliphatic carbocycles. The molecule has 0 saturated carbocycles. The van der Waals surface area contributed by atoms with E-state index in [0.29, 0.717) is 33.3 Å². The number of non-ortho nitro benzene ring substituents is 1. The lowest BCUT2D eigenvalue weighted by Crippen LogP contribution is -2.41. The smallest absolute Gasteiger partial charge is 0.283 e. The van der Waals surface area contributed by atoms with Crippen molar-refractivity contribution in [3.05, 3.63) is 57.8 Å². The molecule has 1 amide bonds. The van der Waals surface area contributed by atoms with E-state index in [-0.39, 0.29) is 17.1 Å².